The molecule has 2 N–H and O–H groups in total. The second-order valence-electron chi connectivity index (χ2n) is 8.69. The average molecular weight is 485 g/mol. The van der Waals surface area contributed by atoms with Gasteiger partial charge in [0.25, 0.3) is 10.0 Å². The van der Waals surface area contributed by atoms with Gasteiger partial charge in [0.1, 0.15) is 4.90 Å². The first-order valence-corrected chi connectivity index (χ1v) is 13.0. The Labute approximate surface area is 203 Å². The second-order valence-corrected chi connectivity index (χ2v) is 10.5. The molecule has 0 radical (unpaired) electrons. The van der Waals surface area contributed by atoms with Crippen molar-refractivity contribution in [3.8, 4) is 0 Å². The molecule has 0 saturated carbocycles. The van der Waals surface area contributed by atoms with Gasteiger partial charge in [-0.15, -0.1) is 0 Å². The Morgan fingerprint density at radius 3 is 2.54 bits per heavy atom. The number of nitrogens with zero attached hydrogens (tertiary/aromatic N) is 4. The fraction of sp³-hybridized carbons (Fsp3) is 0.192. The van der Waals surface area contributed by atoms with Crippen LogP contribution in [0, 0.1) is 0 Å². The molecule has 35 heavy (non-hydrogen) atoms. The predicted octanol–water partition coefficient (Wildman–Crippen LogP) is 4.43. The summed E-state index contributed by atoms with van der Waals surface area (Å²) in [5, 5.41) is 8.00. The van der Waals surface area contributed by atoms with Gasteiger partial charge in [0.15, 0.2) is 5.65 Å². The lowest BCUT2D eigenvalue weighted by Crippen LogP contribution is -2.26. The quantitative estimate of drug-likeness (QED) is 0.381. The number of nitrogens with one attached hydrogen (secondary N) is 2. The maximum atomic E-state index is 13.6. The third-order valence-corrected chi connectivity index (χ3v) is 8.20. The van der Waals surface area contributed by atoms with Gasteiger partial charge in [-0.2, -0.15) is 4.98 Å². The highest BCUT2D eigenvalue weighted by molar-refractivity contribution is 7.90. The van der Waals surface area contributed by atoms with Crippen molar-refractivity contribution in [2.75, 3.05) is 18.4 Å². The van der Waals surface area contributed by atoms with E-state index in [1.807, 2.05) is 24.3 Å². The molecule has 6 rings (SSSR count). The van der Waals surface area contributed by atoms with Crippen LogP contribution in [0.3, 0.4) is 0 Å². The van der Waals surface area contributed by atoms with Crippen LogP contribution < -0.4 is 10.6 Å². The summed E-state index contributed by atoms with van der Waals surface area (Å²) in [4.78, 5) is 13.4. The highest BCUT2D eigenvalue weighted by atomic mass is 32.2. The summed E-state index contributed by atoms with van der Waals surface area (Å²) in [6.07, 6.45) is 7.01. The van der Waals surface area contributed by atoms with Crippen molar-refractivity contribution in [1.29, 1.82) is 0 Å². The minimum absolute atomic E-state index is 0.134. The van der Waals surface area contributed by atoms with E-state index >= 15 is 0 Å². The highest BCUT2D eigenvalue weighted by Crippen LogP contribution is 2.28. The van der Waals surface area contributed by atoms with E-state index in [4.69, 9.17) is 0 Å². The molecule has 2 aromatic carbocycles. The Kier molecular flexibility index (Phi) is 5.43. The first kappa shape index (κ1) is 21.7. The topological polar surface area (TPSA) is 102 Å². The number of fused-ring (bicyclic) bond motifs is 2. The van der Waals surface area contributed by atoms with Crippen molar-refractivity contribution in [1.82, 2.24) is 24.2 Å². The summed E-state index contributed by atoms with van der Waals surface area (Å²) < 4.78 is 28.4. The first-order valence-electron chi connectivity index (χ1n) is 11.6. The summed E-state index contributed by atoms with van der Waals surface area (Å²) in [6, 6.07) is 18.8. The van der Waals surface area contributed by atoms with Crippen molar-refractivity contribution in [2.24, 2.45) is 0 Å². The molecule has 9 heteroatoms. The second kappa shape index (κ2) is 8.75. The van der Waals surface area contributed by atoms with Crippen LogP contribution in [0.5, 0.6) is 0 Å². The van der Waals surface area contributed by atoms with Gasteiger partial charge >= 0.3 is 0 Å². The molecule has 1 fully saturated rings. The SMILES string of the molecule is O=S(=O)(c1cccc2cccnc12)n1ccc2cnc(Nc3ccc(C4CCNCC4)cc3)nc21. The monoisotopic (exact) mass is 484 g/mol. The predicted molar refractivity (Wildman–Crippen MR) is 136 cm³/mol. The third kappa shape index (κ3) is 4.02. The Morgan fingerprint density at radius 1 is 0.914 bits per heavy atom. The van der Waals surface area contributed by atoms with Gasteiger partial charge in [0.2, 0.25) is 5.95 Å². The number of rotatable bonds is 5. The van der Waals surface area contributed by atoms with Gasteiger partial charge in [0.05, 0.1) is 5.52 Å². The standard InChI is InChI=1S/C26H24N6O2S/c33-35(34,23-5-1-3-20-4-2-13-28-24(20)23)32-16-12-21-17-29-26(31-25(21)32)30-22-8-6-18(7-9-22)19-10-14-27-15-11-19/h1-9,12-13,16-17,19,27H,10-11,14-15H2,(H,29,30,31). The van der Waals surface area contributed by atoms with Crippen LogP contribution in [0.4, 0.5) is 11.6 Å². The smallest absolute Gasteiger partial charge is 0.271 e. The molecular weight excluding hydrogens is 460 g/mol. The fourth-order valence-corrected chi connectivity index (χ4v) is 6.13. The summed E-state index contributed by atoms with van der Waals surface area (Å²) in [5.41, 5.74) is 2.91. The molecule has 0 spiro atoms. The largest absolute Gasteiger partial charge is 0.324 e. The zero-order chi connectivity index (χ0) is 23.8. The Morgan fingerprint density at radius 2 is 1.71 bits per heavy atom. The van der Waals surface area contributed by atoms with Gasteiger partial charge in [-0.05, 0) is 67.7 Å². The number of piperidine rings is 1. The van der Waals surface area contributed by atoms with E-state index in [1.165, 1.54) is 15.7 Å². The number of para-hydroxylation sites is 1. The molecule has 0 unspecified atom stereocenters. The van der Waals surface area contributed by atoms with Crippen molar-refractivity contribution >= 4 is 43.6 Å². The van der Waals surface area contributed by atoms with Crippen LogP contribution in [-0.2, 0) is 10.0 Å². The van der Waals surface area contributed by atoms with E-state index in [9.17, 15) is 8.42 Å². The molecular formula is C26H24N6O2S. The number of benzene rings is 2. The minimum Gasteiger partial charge on any atom is -0.324 e. The molecule has 1 aliphatic heterocycles. The number of hydrogen-bond acceptors (Lipinski definition) is 7. The molecule has 1 aliphatic rings. The van der Waals surface area contributed by atoms with E-state index < -0.39 is 10.0 Å². The van der Waals surface area contributed by atoms with Crippen LogP contribution in [0.2, 0.25) is 0 Å². The zero-order valence-corrected chi connectivity index (χ0v) is 19.7. The number of hydrogen-bond donors (Lipinski definition) is 2. The molecule has 0 bridgehead atoms. The van der Waals surface area contributed by atoms with Gasteiger partial charge in [-0.1, -0.05) is 30.3 Å². The summed E-state index contributed by atoms with van der Waals surface area (Å²) in [6.45, 7) is 2.10. The highest BCUT2D eigenvalue weighted by Gasteiger charge is 2.23. The number of anilines is 2. The molecule has 176 valence electrons. The molecule has 4 heterocycles. The minimum atomic E-state index is -3.93. The maximum absolute atomic E-state index is 13.6. The van der Waals surface area contributed by atoms with E-state index in [0.717, 1.165) is 37.0 Å². The van der Waals surface area contributed by atoms with Crippen molar-refractivity contribution in [2.45, 2.75) is 23.7 Å². The zero-order valence-electron chi connectivity index (χ0n) is 18.9. The van der Waals surface area contributed by atoms with Gasteiger partial charge in [-0.3, -0.25) is 4.98 Å². The molecule has 0 aliphatic carbocycles. The van der Waals surface area contributed by atoms with Crippen molar-refractivity contribution < 1.29 is 8.42 Å². The van der Waals surface area contributed by atoms with Crippen LogP contribution >= 0.6 is 0 Å². The molecule has 3 aromatic heterocycles. The lowest BCUT2D eigenvalue weighted by Gasteiger charge is -2.23. The fourth-order valence-electron chi connectivity index (χ4n) is 4.66. The Bertz CT molecular complexity index is 1620. The third-order valence-electron chi connectivity index (χ3n) is 6.50. The van der Waals surface area contributed by atoms with Crippen LogP contribution in [0.25, 0.3) is 21.9 Å². The molecule has 0 atom stereocenters. The normalized spacial score (nSPS) is 15.0. The average Bonchev–Trinajstić information content (AvgIpc) is 3.33. The van der Waals surface area contributed by atoms with Crippen molar-refractivity contribution in [3.05, 3.63) is 84.8 Å². The number of aromatic nitrogens is 4. The van der Waals surface area contributed by atoms with Crippen LogP contribution in [0.15, 0.2) is 84.1 Å². The van der Waals surface area contributed by atoms with Gasteiger partial charge in [-0.25, -0.2) is 17.4 Å². The van der Waals surface area contributed by atoms with Crippen LogP contribution in [0.1, 0.15) is 24.3 Å². The summed E-state index contributed by atoms with van der Waals surface area (Å²) in [7, 11) is -3.93. The van der Waals surface area contributed by atoms with E-state index in [0.29, 0.717) is 28.4 Å². The maximum Gasteiger partial charge on any atom is 0.271 e. The van der Waals surface area contributed by atoms with E-state index in [1.54, 1.807) is 36.7 Å². The van der Waals surface area contributed by atoms with Crippen LogP contribution in [-0.4, -0.2) is 40.4 Å². The van der Waals surface area contributed by atoms with Gasteiger partial charge in [0, 0.05) is 35.1 Å². The Balaban J connectivity index is 1.33. The molecule has 1 saturated heterocycles. The molecule has 5 aromatic rings. The lowest BCUT2D eigenvalue weighted by molar-refractivity contribution is 0.460. The van der Waals surface area contributed by atoms with E-state index in [-0.39, 0.29) is 4.90 Å². The summed E-state index contributed by atoms with van der Waals surface area (Å²) >= 11 is 0. The van der Waals surface area contributed by atoms with Gasteiger partial charge < -0.3 is 10.6 Å². The van der Waals surface area contributed by atoms with E-state index in [2.05, 4.69) is 37.7 Å². The number of pyridine rings is 1. The summed E-state index contributed by atoms with van der Waals surface area (Å²) in [5.74, 6) is 0.910. The molecule has 0 amide bonds. The first-order chi connectivity index (χ1) is 17.1. The lowest BCUT2D eigenvalue weighted by atomic mass is 9.90. The Hall–Kier alpha value is -3.82. The molecule has 8 nitrogen and oxygen atoms in total. The van der Waals surface area contributed by atoms with Crippen molar-refractivity contribution in [3.63, 3.8) is 0 Å².